The molecular weight excluding hydrogens is 360 g/mol. The van der Waals surface area contributed by atoms with Gasteiger partial charge in [-0.3, -0.25) is 0 Å². The summed E-state index contributed by atoms with van der Waals surface area (Å²) >= 11 is 0. The van der Waals surface area contributed by atoms with Crippen LogP contribution in [0.3, 0.4) is 0 Å². The average molecular weight is 415 g/mol. The Hall–Kier alpha value is 0.137. The van der Waals surface area contributed by atoms with Gasteiger partial charge in [-0.15, -0.1) is 0 Å². The summed E-state index contributed by atoms with van der Waals surface area (Å²) in [5.74, 6) is 0. The molecule has 0 amide bonds. The monoisotopic (exact) mass is 414 g/mol. The van der Waals surface area contributed by atoms with Crippen LogP contribution in [0, 0.1) is 0 Å². The van der Waals surface area contributed by atoms with Crippen molar-refractivity contribution in [3.8, 4) is 0 Å². The molecule has 3 heteroatoms. The highest BCUT2D eigenvalue weighted by Crippen LogP contribution is 2.38. The van der Waals surface area contributed by atoms with Crippen LogP contribution in [-0.2, 0) is 4.43 Å². The van der Waals surface area contributed by atoms with Crippen molar-refractivity contribution in [1.82, 2.24) is 0 Å². The van der Waals surface area contributed by atoms with Crippen LogP contribution in [0.25, 0.3) is 0 Å². The SMILES string of the molecule is CCCCCCCCCCCCCC[C@@H](CCCCO)O[Si](C)(C)C(C)(C)C. The van der Waals surface area contributed by atoms with Crippen LogP contribution in [0.2, 0.25) is 18.1 Å². The molecule has 0 aliphatic heterocycles. The highest BCUT2D eigenvalue weighted by molar-refractivity contribution is 6.74. The van der Waals surface area contributed by atoms with Crippen molar-refractivity contribution in [3.05, 3.63) is 0 Å². The molecule has 0 saturated carbocycles. The number of aliphatic hydroxyl groups is 1. The van der Waals surface area contributed by atoms with E-state index in [1.807, 2.05) is 0 Å². The fourth-order valence-corrected chi connectivity index (χ4v) is 4.98. The maximum Gasteiger partial charge on any atom is 0.192 e. The van der Waals surface area contributed by atoms with Crippen molar-refractivity contribution < 1.29 is 9.53 Å². The lowest BCUT2D eigenvalue weighted by Crippen LogP contribution is -2.44. The van der Waals surface area contributed by atoms with E-state index in [0.29, 0.717) is 12.7 Å². The lowest BCUT2D eigenvalue weighted by atomic mass is 10.0. The van der Waals surface area contributed by atoms with Crippen LogP contribution in [0.4, 0.5) is 0 Å². The van der Waals surface area contributed by atoms with E-state index in [-0.39, 0.29) is 5.04 Å². The normalized spacial score (nSPS) is 13.8. The minimum Gasteiger partial charge on any atom is -0.414 e. The smallest absolute Gasteiger partial charge is 0.192 e. The van der Waals surface area contributed by atoms with Crippen LogP contribution in [0.5, 0.6) is 0 Å². The molecule has 0 aliphatic carbocycles. The van der Waals surface area contributed by atoms with Gasteiger partial charge >= 0.3 is 0 Å². The van der Waals surface area contributed by atoms with Crippen molar-refractivity contribution in [1.29, 1.82) is 0 Å². The van der Waals surface area contributed by atoms with Gasteiger partial charge in [-0.1, -0.05) is 105 Å². The van der Waals surface area contributed by atoms with Gasteiger partial charge in [0.05, 0.1) is 0 Å². The van der Waals surface area contributed by atoms with Gasteiger partial charge in [0, 0.05) is 12.7 Å². The van der Waals surface area contributed by atoms with Gasteiger partial charge in [0.25, 0.3) is 0 Å². The molecule has 1 N–H and O–H groups in total. The first kappa shape index (κ1) is 28.1. The van der Waals surface area contributed by atoms with Gasteiger partial charge in [-0.2, -0.15) is 0 Å². The third-order valence-electron chi connectivity index (χ3n) is 6.58. The highest BCUT2D eigenvalue weighted by atomic mass is 28.4. The van der Waals surface area contributed by atoms with Crippen molar-refractivity contribution in [2.75, 3.05) is 6.61 Å². The summed E-state index contributed by atoms with van der Waals surface area (Å²) in [6.07, 6.45) is 21.6. The molecule has 0 spiro atoms. The van der Waals surface area contributed by atoms with Gasteiger partial charge < -0.3 is 9.53 Å². The number of rotatable bonds is 19. The van der Waals surface area contributed by atoms with Gasteiger partial charge in [-0.25, -0.2) is 0 Å². The second-order valence-corrected chi connectivity index (χ2v) is 15.2. The molecule has 0 aliphatic rings. The summed E-state index contributed by atoms with van der Waals surface area (Å²) in [6.45, 7) is 14.3. The molecule has 1 atom stereocenters. The van der Waals surface area contributed by atoms with Crippen molar-refractivity contribution in [3.63, 3.8) is 0 Å². The Labute approximate surface area is 179 Å². The summed E-state index contributed by atoms with van der Waals surface area (Å²) in [5.41, 5.74) is 0. The van der Waals surface area contributed by atoms with E-state index in [1.54, 1.807) is 0 Å². The first-order valence-corrected chi connectivity index (χ1v) is 15.4. The Kier molecular flexibility index (Phi) is 17.0. The average Bonchev–Trinajstić information content (AvgIpc) is 2.61. The van der Waals surface area contributed by atoms with Crippen LogP contribution in [0.1, 0.15) is 130 Å². The van der Waals surface area contributed by atoms with Crippen LogP contribution < -0.4 is 0 Å². The van der Waals surface area contributed by atoms with Crippen LogP contribution in [-0.4, -0.2) is 26.1 Å². The molecule has 0 aromatic rings. The van der Waals surface area contributed by atoms with Crippen molar-refractivity contribution in [2.45, 2.75) is 155 Å². The minimum absolute atomic E-state index is 0.277. The highest BCUT2D eigenvalue weighted by Gasteiger charge is 2.38. The Morgan fingerprint density at radius 1 is 0.679 bits per heavy atom. The fourth-order valence-electron chi connectivity index (χ4n) is 3.55. The number of unbranched alkanes of at least 4 members (excludes halogenated alkanes) is 12. The Balaban J connectivity index is 3.90. The van der Waals surface area contributed by atoms with Crippen molar-refractivity contribution >= 4 is 8.32 Å². The molecular formula is C25H54O2Si. The summed E-state index contributed by atoms with van der Waals surface area (Å²) in [6, 6.07) is 0. The zero-order valence-corrected chi connectivity index (χ0v) is 21.5. The van der Waals surface area contributed by atoms with E-state index in [2.05, 4.69) is 40.8 Å². The molecule has 0 fully saturated rings. The quantitative estimate of drug-likeness (QED) is 0.169. The lowest BCUT2D eigenvalue weighted by Gasteiger charge is -2.39. The second kappa shape index (κ2) is 16.9. The van der Waals surface area contributed by atoms with E-state index in [9.17, 15) is 0 Å². The first-order chi connectivity index (χ1) is 13.2. The summed E-state index contributed by atoms with van der Waals surface area (Å²) < 4.78 is 6.71. The molecule has 0 rings (SSSR count). The van der Waals surface area contributed by atoms with E-state index >= 15 is 0 Å². The molecule has 2 nitrogen and oxygen atoms in total. The van der Waals surface area contributed by atoms with E-state index < -0.39 is 8.32 Å². The molecule has 28 heavy (non-hydrogen) atoms. The lowest BCUT2D eigenvalue weighted by molar-refractivity contribution is 0.151. The zero-order chi connectivity index (χ0) is 21.3. The Morgan fingerprint density at radius 2 is 1.07 bits per heavy atom. The zero-order valence-electron chi connectivity index (χ0n) is 20.5. The number of hydrogen-bond acceptors (Lipinski definition) is 2. The van der Waals surface area contributed by atoms with Gasteiger partial charge in [0.1, 0.15) is 0 Å². The maximum absolute atomic E-state index is 9.10. The number of hydrogen-bond donors (Lipinski definition) is 1. The first-order valence-electron chi connectivity index (χ1n) is 12.5. The maximum atomic E-state index is 9.10. The third kappa shape index (κ3) is 15.0. The predicted octanol–water partition coefficient (Wildman–Crippen LogP) is 8.63. The van der Waals surface area contributed by atoms with Gasteiger partial charge in [-0.05, 0) is 43.8 Å². The van der Waals surface area contributed by atoms with Crippen LogP contribution >= 0.6 is 0 Å². The summed E-state index contributed by atoms with van der Waals surface area (Å²) in [5, 5.41) is 9.37. The molecule has 0 saturated heterocycles. The molecule has 0 aromatic carbocycles. The molecule has 0 bridgehead atoms. The molecule has 0 radical (unpaired) electrons. The van der Waals surface area contributed by atoms with E-state index in [0.717, 1.165) is 19.3 Å². The Bertz CT molecular complexity index is 336. The van der Waals surface area contributed by atoms with E-state index in [1.165, 1.54) is 83.5 Å². The summed E-state index contributed by atoms with van der Waals surface area (Å²) in [7, 11) is -1.69. The predicted molar refractivity (Wildman–Crippen MR) is 129 cm³/mol. The largest absolute Gasteiger partial charge is 0.414 e. The topological polar surface area (TPSA) is 29.5 Å². The molecule has 0 unspecified atom stereocenters. The Morgan fingerprint density at radius 3 is 1.46 bits per heavy atom. The van der Waals surface area contributed by atoms with Crippen molar-refractivity contribution in [2.24, 2.45) is 0 Å². The second-order valence-electron chi connectivity index (χ2n) is 10.4. The van der Waals surface area contributed by atoms with Crippen LogP contribution in [0.15, 0.2) is 0 Å². The number of aliphatic hydroxyl groups excluding tert-OH is 1. The minimum atomic E-state index is -1.69. The fraction of sp³-hybridized carbons (Fsp3) is 1.00. The standard InChI is InChI=1S/C25H54O2Si/c1-7-8-9-10-11-12-13-14-15-16-17-18-21-24(22-19-20-23-26)27-28(5,6)25(2,3)4/h24,26H,7-23H2,1-6H3/t24-/m0/s1. The molecule has 0 aromatic heterocycles. The van der Waals surface area contributed by atoms with Gasteiger partial charge in [0.15, 0.2) is 8.32 Å². The molecule has 0 heterocycles. The van der Waals surface area contributed by atoms with E-state index in [4.69, 9.17) is 9.53 Å². The van der Waals surface area contributed by atoms with Gasteiger partial charge in [0.2, 0.25) is 0 Å². The third-order valence-corrected chi connectivity index (χ3v) is 11.1. The molecule has 170 valence electrons. The summed E-state index contributed by atoms with van der Waals surface area (Å²) in [4.78, 5) is 0.